The van der Waals surface area contributed by atoms with Gasteiger partial charge in [0.05, 0.1) is 0 Å². The lowest BCUT2D eigenvalue weighted by atomic mass is 10.0. The monoisotopic (exact) mass is 392 g/mol. The molecule has 0 aliphatic heterocycles. The third-order valence-electron chi connectivity index (χ3n) is 4.07. The van der Waals surface area contributed by atoms with Crippen LogP contribution in [0.5, 0.6) is 0 Å². The lowest BCUT2D eigenvalue weighted by molar-refractivity contribution is 0.632. The second-order valence-electron chi connectivity index (χ2n) is 6.00. The molecule has 0 aliphatic rings. The van der Waals surface area contributed by atoms with Gasteiger partial charge in [-0.2, -0.15) is 0 Å². The summed E-state index contributed by atoms with van der Waals surface area (Å²) in [6.07, 6.45) is 7.15. The predicted octanol–water partition coefficient (Wildman–Crippen LogP) is 7.73. The van der Waals surface area contributed by atoms with Crippen LogP contribution in [0.3, 0.4) is 0 Å². The van der Waals surface area contributed by atoms with Crippen LogP contribution in [0.4, 0.5) is 8.78 Å². The summed E-state index contributed by atoms with van der Waals surface area (Å²) in [6.45, 7) is 2.20. The van der Waals surface area contributed by atoms with Crippen molar-refractivity contribution in [3.05, 3.63) is 69.7 Å². The van der Waals surface area contributed by atoms with Crippen molar-refractivity contribution in [1.82, 2.24) is 0 Å². The van der Waals surface area contributed by atoms with Gasteiger partial charge in [0.15, 0.2) is 11.7 Å². The molecule has 0 saturated carbocycles. The maximum Gasteiger partial charge on any atom is 0.166 e. The van der Waals surface area contributed by atoms with Gasteiger partial charge in [-0.1, -0.05) is 84.9 Å². The average Bonchev–Trinajstić information content (AvgIpc) is 2.61. The van der Waals surface area contributed by atoms with Crippen LogP contribution < -0.4 is 0 Å². The number of halogens is 3. The number of aryl methyl sites for hydroxylation is 1. The first-order valence-electron chi connectivity index (χ1n) is 8.52. The van der Waals surface area contributed by atoms with Crippen molar-refractivity contribution in [2.45, 2.75) is 45.4 Å². The standard InChI is InChI=1S/C21H23BrF2/c1-2-3-4-5-6-7-16-8-10-17(11-9-16)20(23)21(24)18-12-14-19(22)15-13-18/h8-15H,2-7H2,1H3/b21-20+. The predicted molar refractivity (Wildman–Crippen MR) is 102 cm³/mol. The van der Waals surface area contributed by atoms with E-state index in [9.17, 15) is 8.78 Å². The Morgan fingerprint density at radius 3 is 1.79 bits per heavy atom. The van der Waals surface area contributed by atoms with E-state index >= 15 is 0 Å². The summed E-state index contributed by atoms with van der Waals surface area (Å²) < 4.78 is 29.4. The van der Waals surface area contributed by atoms with E-state index in [1.54, 1.807) is 36.4 Å². The van der Waals surface area contributed by atoms with Crippen molar-refractivity contribution in [3.8, 4) is 0 Å². The number of hydrogen-bond acceptors (Lipinski definition) is 0. The summed E-state index contributed by atoms with van der Waals surface area (Å²) in [5.41, 5.74) is 1.70. The van der Waals surface area contributed by atoms with E-state index in [-0.39, 0.29) is 11.1 Å². The zero-order chi connectivity index (χ0) is 17.4. The molecule has 3 heteroatoms. The van der Waals surface area contributed by atoms with E-state index in [2.05, 4.69) is 22.9 Å². The third kappa shape index (κ3) is 5.55. The first kappa shape index (κ1) is 18.9. The SMILES string of the molecule is CCCCCCCc1ccc(/C(F)=C(\F)c2ccc(Br)cc2)cc1. The van der Waals surface area contributed by atoms with E-state index in [0.29, 0.717) is 0 Å². The van der Waals surface area contributed by atoms with Crippen molar-refractivity contribution >= 4 is 27.6 Å². The van der Waals surface area contributed by atoms with Gasteiger partial charge in [0.1, 0.15) is 0 Å². The Morgan fingerprint density at radius 2 is 1.25 bits per heavy atom. The molecule has 0 bridgehead atoms. The molecule has 128 valence electrons. The van der Waals surface area contributed by atoms with E-state index in [1.807, 2.05) is 12.1 Å². The average molecular weight is 393 g/mol. The number of hydrogen-bond donors (Lipinski definition) is 0. The molecule has 2 aromatic carbocycles. The van der Waals surface area contributed by atoms with Gasteiger partial charge in [-0.3, -0.25) is 0 Å². The van der Waals surface area contributed by atoms with Crippen LogP contribution in [0.1, 0.15) is 55.7 Å². The van der Waals surface area contributed by atoms with Gasteiger partial charge in [-0.25, -0.2) is 8.78 Å². The molecule has 0 fully saturated rings. The summed E-state index contributed by atoms with van der Waals surface area (Å²) >= 11 is 3.29. The number of benzene rings is 2. The van der Waals surface area contributed by atoms with Crippen LogP contribution in [0.2, 0.25) is 0 Å². The van der Waals surface area contributed by atoms with Crippen LogP contribution in [-0.4, -0.2) is 0 Å². The molecule has 2 aromatic rings. The van der Waals surface area contributed by atoms with Crippen molar-refractivity contribution in [2.75, 3.05) is 0 Å². The van der Waals surface area contributed by atoms with E-state index in [4.69, 9.17) is 0 Å². The highest BCUT2D eigenvalue weighted by molar-refractivity contribution is 9.10. The van der Waals surface area contributed by atoms with Crippen LogP contribution in [0.15, 0.2) is 53.0 Å². The van der Waals surface area contributed by atoms with Crippen LogP contribution >= 0.6 is 15.9 Å². The fourth-order valence-corrected chi connectivity index (χ4v) is 2.86. The van der Waals surface area contributed by atoms with Gasteiger partial charge >= 0.3 is 0 Å². The summed E-state index contributed by atoms with van der Waals surface area (Å²) in [5, 5.41) is 0. The Kier molecular flexibility index (Phi) is 7.64. The molecule has 0 aromatic heterocycles. The Hall–Kier alpha value is -1.48. The minimum absolute atomic E-state index is 0.246. The van der Waals surface area contributed by atoms with Crippen molar-refractivity contribution < 1.29 is 8.78 Å². The number of unbranched alkanes of at least 4 members (excludes halogenated alkanes) is 4. The lowest BCUT2D eigenvalue weighted by Gasteiger charge is -2.05. The maximum absolute atomic E-state index is 14.3. The molecular weight excluding hydrogens is 370 g/mol. The Labute approximate surface area is 151 Å². The molecule has 0 nitrogen and oxygen atoms in total. The molecule has 0 atom stereocenters. The highest BCUT2D eigenvalue weighted by Crippen LogP contribution is 2.29. The van der Waals surface area contributed by atoms with Gasteiger partial charge < -0.3 is 0 Å². The molecule has 0 radical (unpaired) electrons. The minimum atomic E-state index is -0.824. The molecule has 0 heterocycles. The van der Waals surface area contributed by atoms with Crippen LogP contribution in [-0.2, 0) is 6.42 Å². The van der Waals surface area contributed by atoms with Gasteiger partial charge in [-0.15, -0.1) is 0 Å². The highest BCUT2D eigenvalue weighted by atomic mass is 79.9. The topological polar surface area (TPSA) is 0 Å². The minimum Gasteiger partial charge on any atom is -0.203 e. The molecule has 0 aliphatic carbocycles. The van der Waals surface area contributed by atoms with E-state index < -0.39 is 11.7 Å². The van der Waals surface area contributed by atoms with Gasteiger partial charge in [0.25, 0.3) is 0 Å². The molecule has 0 unspecified atom stereocenters. The Bertz CT molecular complexity index is 657. The second-order valence-corrected chi connectivity index (χ2v) is 6.91. The van der Waals surface area contributed by atoms with Crippen LogP contribution in [0, 0.1) is 0 Å². The van der Waals surface area contributed by atoms with Crippen molar-refractivity contribution in [1.29, 1.82) is 0 Å². The Balaban J connectivity index is 2.01. The molecule has 0 spiro atoms. The van der Waals surface area contributed by atoms with Gasteiger partial charge in [0, 0.05) is 15.6 Å². The van der Waals surface area contributed by atoms with Crippen molar-refractivity contribution in [2.24, 2.45) is 0 Å². The molecule has 2 rings (SSSR count). The molecule has 0 N–H and O–H groups in total. The first-order chi connectivity index (χ1) is 11.6. The van der Waals surface area contributed by atoms with E-state index in [1.165, 1.54) is 31.2 Å². The smallest absolute Gasteiger partial charge is 0.166 e. The molecule has 0 amide bonds. The molecule has 24 heavy (non-hydrogen) atoms. The summed E-state index contributed by atoms with van der Waals surface area (Å²) in [7, 11) is 0. The second kappa shape index (κ2) is 9.73. The summed E-state index contributed by atoms with van der Waals surface area (Å²) in [4.78, 5) is 0. The summed E-state index contributed by atoms with van der Waals surface area (Å²) in [5.74, 6) is -1.64. The first-order valence-corrected chi connectivity index (χ1v) is 9.31. The van der Waals surface area contributed by atoms with Crippen LogP contribution in [0.25, 0.3) is 11.7 Å². The third-order valence-corrected chi connectivity index (χ3v) is 4.60. The zero-order valence-corrected chi connectivity index (χ0v) is 15.6. The van der Waals surface area contributed by atoms with Crippen molar-refractivity contribution in [3.63, 3.8) is 0 Å². The largest absolute Gasteiger partial charge is 0.203 e. The molecule has 0 saturated heterocycles. The fraction of sp³-hybridized carbons (Fsp3) is 0.333. The zero-order valence-electron chi connectivity index (χ0n) is 14.0. The fourth-order valence-electron chi connectivity index (χ4n) is 2.60. The van der Waals surface area contributed by atoms with E-state index in [0.717, 1.165) is 17.3 Å². The number of rotatable bonds is 8. The highest BCUT2D eigenvalue weighted by Gasteiger charge is 2.11. The summed E-state index contributed by atoms with van der Waals surface area (Å²) in [6, 6.07) is 13.6. The quantitative estimate of drug-likeness (QED) is 0.318. The maximum atomic E-state index is 14.3. The van der Waals surface area contributed by atoms with Gasteiger partial charge in [0.2, 0.25) is 0 Å². The Morgan fingerprint density at radius 1 is 0.750 bits per heavy atom. The molecular formula is C21H23BrF2. The lowest BCUT2D eigenvalue weighted by Crippen LogP contribution is -1.88. The normalized spacial score (nSPS) is 12.2. The van der Waals surface area contributed by atoms with Gasteiger partial charge in [-0.05, 0) is 30.5 Å².